The van der Waals surface area contributed by atoms with Crippen molar-refractivity contribution in [2.45, 2.75) is 45.4 Å². The Balaban J connectivity index is 1.83. The van der Waals surface area contributed by atoms with Crippen molar-refractivity contribution >= 4 is 28.8 Å². The molecule has 24 heavy (non-hydrogen) atoms. The van der Waals surface area contributed by atoms with Gasteiger partial charge in [0.25, 0.3) is 0 Å². The van der Waals surface area contributed by atoms with E-state index in [1.165, 1.54) is 21.9 Å². The van der Waals surface area contributed by atoms with Crippen LogP contribution in [0.3, 0.4) is 0 Å². The van der Waals surface area contributed by atoms with Crippen molar-refractivity contribution in [3.63, 3.8) is 0 Å². The van der Waals surface area contributed by atoms with E-state index in [9.17, 15) is 4.79 Å². The van der Waals surface area contributed by atoms with E-state index in [4.69, 9.17) is 9.32 Å². The molecule has 4 rings (SSSR count). The smallest absolute Gasteiger partial charge is 0.140 e. The molecule has 2 N–H and O–H groups in total. The zero-order valence-corrected chi connectivity index (χ0v) is 15.0. The zero-order chi connectivity index (χ0) is 16.9. The highest BCUT2D eigenvalue weighted by Crippen LogP contribution is 2.54. The molecule has 2 aliphatic carbocycles. The highest BCUT2D eigenvalue weighted by Gasteiger charge is 2.48. The molecular weight excluding hydrogens is 318 g/mol. The molecule has 3 atom stereocenters. The number of nitrogens with two attached hydrogens (primary N) is 1. The van der Waals surface area contributed by atoms with Gasteiger partial charge in [0.1, 0.15) is 23.8 Å². The van der Waals surface area contributed by atoms with Gasteiger partial charge < -0.3 is 4.18 Å². The largest absolute Gasteiger partial charge is 0.410 e. The number of hydrogen-bond acceptors (Lipinski definition) is 4. The normalized spacial score (nSPS) is 29.2. The van der Waals surface area contributed by atoms with Gasteiger partial charge in [-0.25, -0.2) is 5.14 Å². The molecule has 0 spiro atoms. The summed E-state index contributed by atoms with van der Waals surface area (Å²) >= 11 is 0.869. The van der Waals surface area contributed by atoms with Crippen molar-refractivity contribution in [2.75, 3.05) is 0 Å². The molecule has 0 heterocycles. The average molecular weight is 341 g/mol. The van der Waals surface area contributed by atoms with Gasteiger partial charge in [0.15, 0.2) is 0 Å². The van der Waals surface area contributed by atoms with Gasteiger partial charge in [-0.2, -0.15) is 0 Å². The Kier molecular flexibility index (Phi) is 3.85. The SMILES string of the molecule is CC1CC(=O)C2(C)CCc3c(ccc4cc(OSN)ccc34)C2C1. The second kappa shape index (κ2) is 5.78. The van der Waals surface area contributed by atoms with E-state index in [1.807, 2.05) is 12.1 Å². The molecule has 2 aromatic rings. The van der Waals surface area contributed by atoms with Crippen LogP contribution in [-0.2, 0) is 11.2 Å². The summed E-state index contributed by atoms with van der Waals surface area (Å²) < 4.78 is 5.34. The molecule has 2 aromatic carbocycles. The molecule has 1 fully saturated rings. The molecule has 0 aromatic heterocycles. The van der Waals surface area contributed by atoms with Gasteiger partial charge >= 0.3 is 0 Å². The molecule has 0 aliphatic heterocycles. The number of benzene rings is 2. The highest BCUT2D eigenvalue weighted by molar-refractivity contribution is 7.92. The minimum absolute atomic E-state index is 0.174. The number of carbonyl (C=O) groups excluding carboxylic acids is 1. The van der Waals surface area contributed by atoms with E-state index in [0.29, 0.717) is 17.6 Å². The van der Waals surface area contributed by atoms with Crippen LogP contribution in [0.4, 0.5) is 0 Å². The number of aryl methyl sites for hydroxylation is 1. The van der Waals surface area contributed by atoms with E-state index in [-0.39, 0.29) is 5.41 Å². The standard InChI is InChI=1S/C20H23NO2S/c1-12-9-18-17-5-3-13-11-14(23-24-21)4-6-15(13)16(17)7-8-20(18,2)19(22)10-12/h3-6,11-12,18H,7-10,21H2,1-2H3. The van der Waals surface area contributed by atoms with Gasteiger partial charge in [-0.3, -0.25) is 4.79 Å². The van der Waals surface area contributed by atoms with Gasteiger partial charge in [-0.15, -0.1) is 0 Å². The maximum atomic E-state index is 12.7. The van der Waals surface area contributed by atoms with Crippen molar-refractivity contribution in [2.24, 2.45) is 16.5 Å². The molecule has 0 radical (unpaired) electrons. The summed E-state index contributed by atoms with van der Waals surface area (Å²) in [5.41, 5.74) is 2.63. The van der Waals surface area contributed by atoms with Gasteiger partial charge in [0, 0.05) is 11.8 Å². The molecule has 2 aliphatic rings. The van der Waals surface area contributed by atoms with Crippen LogP contribution in [0, 0.1) is 11.3 Å². The first-order valence-electron chi connectivity index (χ1n) is 8.65. The summed E-state index contributed by atoms with van der Waals surface area (Å²) in [6, 6.07) is 10.6. The van der Waals surface area contributed by atoms with Crippen molar-refractivity contribution in [1.82, 2.24) is 0 Å². The lowest BCUT2D eigenvalue weighted by Gasteiger charge is -2.46. The monoisotopic (exact) mass is 341 g/mol. The van der Waals surface area contributed by atoms with Crippen LogP contribution in [0.15, 0.2) is 30.3 Å². The molecular formula is C20H23NO2S. The quantitative estimate of drug-likeness (QED) is 0.631. The predicted molar refractivity (Wildman–Crippen MR) is 98.9 cm³/mol. The fourth-order valence-corrected chi connectivity index (χ4v) is 4.98. The van der Waals surface area contributed by atoms with Gasteiger partial charge in [-0.1, -0.05) is 32.0 Å². The fraction of sp³-hybridized carbons (Fsp3) is 0.450. The van der Waals surface area contributed by atoms with E-state index in [0.717, 1.165) is 43.7 Å². The van der Waals surface area contributed by atoms with E-state index in [1.54, 1.807) is 0 Å². The minimum atomic E-state index is -0.174. The maximum absolute atomic E-state index is 12.7. The fourth-order valence-electron chi connectivity index (χ4n) is 4.76. The van der Waals surface area contributed by atoms with Crippen LogP contribution in [0.25, 0.3) is 10.8 Å². The van der Waals surface area contributed by atoms with Crippen molar-refractivity contribution in [1.29, 1.82) is 0 Å². The van der Waals surface area contributed by atoms with Crippen LogP contribution >= 0.6 is 12.2 Å². The summed E-state index contributed by atoms with van der Waals surface area (Å²) in [5, 5.41) is 7.86. The summed E-state index contributed by atoms with van der Waals surface area (Å²) in [6.07, 6.45) is 3.80. The van der Waals surface area contributed by atoms with Gasteiger partial charge in [0.05, 0.1) is 0 Å². The van der Waals surface area contributed by atoms with Crippen molar-refractivity contribution in [3.8, 4) is 5.75 Å². The Morgan fingerprint density at radius 1 is 1.29 bits per heavy atom. The average Bonchev–Trinajstić information content (AvgIpc) is 2.56. The van der Waals surface area contributed by atoms with E-state index >= 15 is 0 Å². The molecule has 1 saturated carbocycles. The number of fused-ring (bicyclic) bond motifs is 5. The third-order valence-corrected chi connectivity index (χ3v) is 6.42. The second-order valence-corrected chi connectivity index (χ2v) is 7.99. The Morgan fingerprint density at radius 3 is 2.92 bits per heavy atom. The van der Waals surface area contributed by atoms with Crippen LogP contribution in [0.1, 0.15) is 50.2 Å². The lowest BCUT2D eigenvalue weighted by Crippen LogP contribution is -2.43. The topological polar surface area (TPSA) is 52.3 Å². The van der Waals surface area contributed by atoms with Crippen LogP contribution in [0.2, 0.25) is 0 Å². The number of hydrogen-bond donors (Lipinski definition) is 1. The minimum Gasteiger partial charge on any atom is -0.410 e. The maximum Gasteiger partial charge on any atom is 0.140 e. The molecule has 0 amide bonds. The van der Waals surface area contributed by atoms with E-state index < -0.39 is 0 Å². The van der Waals surface area contributed by atoms with Crippen molar-refractivity contribution in [3.05, 3.63) is 41.5 Å². The number of ketones is 1. The van der Waals surface area contributed by atoms with Crippen molar-refractivity contribution < 1.29 is 8.98 Å². The van der Waals surface area contributed by atoms with Gasteiger partial charge in [0.2, 0.25) is 0 Å². The third-order valence-electron chi connectivity index (χ3n) is 6.13. The molecule has 4 heteroatoms. The molecule has 126 valence electrons. The number of carbonyl (C=O) groups is 1. The zero-order valence-electron chi connectivity index (χ0n) is 14.2. The Morgan fingerprint density at radius 2 is 2.12 bits per heavy atom. The number of rotatable bonds is 2. The van der Waals surface area contributed by atoms with Crippen LogP contribution < -0.4 is 9.32 Å². The molecule has 0 saturated heterocycles. The lowest BCUT2D eigenvalue weighted by atomic mass is 9.56. The summed E-state index contributed by atoms with van der Waals surface area (Å²) in [5.74, 6) is 2.07. The summed E-state index contributed by atoms with van der Waals surface area (Å²) in [7, 11) is 0. The van der Waals surface area contributed by atoms with E-state index in [2.05, 4.69) is 32.0 Å². The molecule has 3 unspecified atom stereocenters. The predicted octanol–water partition coefficient (Wildman–Crippen LogP) is 4.78. The first-order valence-corrected chi connectivity index (χ1v) is 9.45. The van der Waals surface area contributed by atoms with Crippen LogP contribution in [0.5, 0.6) is 5.75 Å². The first-order chi connectivity index (χ1) is 11.5. The molecule has 0 bridgehead atoms. The third kappa shape index (κ3) is 2.35. The Labute approximate surface area is 147 Å². The summed E-state index contributed by atoms with van der Waals surface area (Å²) in [6.45, 7) is 4.40. The lowest BCUT2D eigenvalue weighted by molar-refractivity contribution is -0.134. The number of Topliss-reactive ketones (excluding diaryl/α,β-unsaturated/α-hetero) is 1. The Bertz CT molecular complexity index is 819. The first kappa shape index (κ1) is 16.0. The van der Waals surface area contributed by atoms with Gasteiger partial charge in [-0.05, 0) is 65.1 Å². The van der Waals surface area contributed by atoms with Crippen LogP contribution in [-0.4, -0.2) is 5.78 Å². The molecule has 3 nitrogen and oxygen atoms in total. The highest BCUT2D eigenvalue weighted by atomic mass is 32.2. The summed E-state index contributed by atoms with van der Waals surface area (Å²) in [4.78, 5) is 12.7. The second-order valence-electron chi connectivity index (χ2n) is 7.63. The Hall–Kier alpha value is -1.52.